The fourth-order valence-corrected chi connectivity index (χ4v) is 4.21. The van der Waals surface area contributed by atoms with Crippen LogP contribution in [0.15, 0.2) is 42.5 Å². The van der Waals surface area contributed by atoms with Gasteiger partial charge in [-0.3, -0.25) is 4.90 Å². The topological polar surface area (TPSA) is 54.8 Å². The summed E-state index contributed by atoms with van der Waals surface area (Å²) in [4.78, 5) is 7.27. The lowest BCUT2D eigenvalue weighted by molar-refractivity contribution is 0.0669. The van der Waals surface area contributed by atoms with Gasteiger partial charge < -0.3 is 14.6 Å². The zero-order chi connectivity index (χ0) is 20.4. The summed E-state index contributed by atoms with van der Waals surface area (Å²) < 4.78 is 11.1. The van der Waals surface area contributed by atoms with E-state index in [1.165, 1.54) is 0 Å². The van der Waals surface area contributed by atoms with Crippen molar-refractivity contribution in [1.82, 2.24) is 9.88 Å². The molecule has 2 heterocycles. The van der Waals surface area contributed by atoms with Crippen molar-refractivity contribution in [3.8, 4) is 22.8 Å². The maximum absolute atomic E-state index is 10.1. The highest BCUT2D eigenvalue weighted by Gasteiger charge is 2.21. The summed E-state index contributed by atoms with van der Waals surface area (Å²) in [7, 11) is 3.30. The van der Waals surface area contributed by atoms with Crippen molar-refractivity contribution in [2.45, 2.75) is 25.5 Å². The molecule has 0 bridgehead atoms. The van der Waals surface area contributed by atoms with Crippen molar-refractivity contribution in [1.29, 1.82) is 0 Å². The monoisotopic (exact) mass is 412 g/mol. The first-order valence-electron chi connectivity index (χ1n) is 9.80. The van der Waals surface area contributed by atoms with Crippen LogP contribution in [0.5, 0.6) is 11.5 Å². The minimum atomic E-state index is -0.276. The third-order valence-corrected chi connectivity index (χ3v) is 5.63. The maximum Gasteiger partial charge on any atom is 0.145 e. The van der Waals surface area contributed by atoms with E-state index >= 15 is 0 Å². The van der Waals surface area contributed by atoms with E-state index in [0.29, 0.717) is 23.9 Å². The van der Waals surface area contributed by atoms with Crippen molar-refractivity contribution in [2.24, 2.45) is 0 Å². The molecule has 1 fully saturated rings. The molecule has 6 heteroatoms. The number of likely N-dealkylation sites (tertiary alicyclic amines) is 1. The van der Waals surface area contributed by atoms with Gasteiger partial charge in [0.1, 0.15) is 17.0 Å². The van der Waals surface area contributed by atoms with E-state index in [1.54, 1.807) is 14.2 Å². The number of aromatic nitrogens is 1. The molecular formula is C23H25ClN2O3. The second-order valence-electron chi connectivity index (χ2n) is 7.40. The number of benzene rings is 2. The number of β-amino-alcohol motifs (C(OH)–C–C–N with tert-alkyl or cyclic N) is 1. The van der Waals surface area contributed by atoms with E-state index in [0.717, 1.165) is 52.9 Å². The molecule has 0 aliphatic carbocycles. The van der Waals surface area contributed by atoms with Gasteiger partial charge in [-0.15, -0.1) is 0 Å². The highest BCUT2D eigenvalue weighted by atomic mass is 35.5. The molecule has 1 saturated heterocycles. The number of nitrogens with zero attached hydrogens (tertiary/aromatic N) is 2. The normalized spacial score (nSPS) is 17.4. The first-order chi connectivity index (χ1) is 14.1. The highest BCUT2D eigenvalue weighted by Crippen LogP contribution is 2.36. The standard InChI is InChI=1S/C23H25ClN2O3/c1-28-20-8-9-21(29-2)23-19(20)12-16(13-26-10-4-7-18(27)14-26)22(25-23)15-5-3-6-17(24)11-15/h3,5-6,8-9,11-12,18,27H,4,7,10,13-14H2,1-2H3/t18-/m1/s1. The van der Waals surface area contributed by atoms with Crippen molar-refractivity contribution < 1.29 is 14.6 Å². The molecule has 4 rings (SSSR count). The zero-order valence-corrected chi connectivity index (χ0v) is 17.4. The summed E-state index contributed by atoms with van der Waals surface area (Å²) in [5, 5.41) is 11.7. The summed E-state index contributed by atoms with van der Waals surface area (Å²) in [6, 6.07) is 13.6. The van der Waals surface area contributed by atoms with Crippen LogP contribution in [0.4, 0.5) is 0 Å². The minimum absolute atomic E-state index is 0.276. The van der Waals surface area contributed by atoms with Crippen LogP contribution in [0.3, 0.4) is 0 Å². The Morgan fingerprint density at radius 3 is 2.66 bits per heavy atom. The van der Waals surface area contributed by atoms with Gasteiger partial charge in [0.15, 0.2) is 0 Å². The van der Waals surface area contributed by atoms with Crippen molar-refractivity contribution in [3.63, 3.8) is 0 Å². The second-order valence-corrected chi connectivity index (χ2v) is 7.84. The van der Waals surface area contributed by atoms with E-state index in [9.17, 15) is 5.11 Å². The first-order valence-corrected chi connectivity index (χ1v) is 10.2. The number of methoxy groups -OCH3 is 2. The Labute approximate surface area is 175 Å². The number of fused-ring (bicyclic) bond motifs is 1. The molecule has 0 spiro atoms. The summed E-state index contributed by atoms with van der Waals surface area (Å²) >= 11 is 6.27. The number of hydrogen-bond acceptors (Lipinski definition) is 5. The number of aliphatic hydroxyl groups is 1. The average molecular weight is 413 g/mol. The third-order valence-electron chi connectivity index (χ3n) is 5.40. The molecule has 1 aliphatic heterocycles. The van der Waals surface area contributed by atoms with Crippen LogP contribution in [0.1, 0.15) is 18.4 Å². The summed E-state index contributed by atoms with van der Waals surface area (Å²) in [5.41, 5.74) is 3.65. The molecule has 1 N–H and O–H groups in total. The number of aliphatic hydroxyl groups excluding tert-OH is 1. The van der Waals surface area contributed by atoms with E-state index in [4.69, 9.17) is 26.1 Å². The quantitative estimate of drug-likeness (QED) is 0.667. The van der Waals surface area contributed by atoms with Gasteiger partial charge in [0.2, 0.25) is 0 Å². The number of hydrogen-bond donors (Lipinski definition) is 1. The number of rotatable bonds is 5. The molecule has 29 heavy (non-hydrogen) atoms. The lowest BCUT2D eigenvalue weighted by Gasteiger charge is -2.30. The van der Waals surface area contributed by atoms with Gasteiger partial charge in [-0.2, -0.15) is 0 Å². The van der Waals surface area contributed by atoms with E-state index < -0.39 is 0 Å². The summed E-state index contributed by atoms with van der Waals surface area (Å²) in [5.74, 6) is 1.45. The van der Waals surface area contributed by atoms with Crippen LogP contribution in [-0.2, 0) is 6.54 Å². The van der Waals surface area contributed by atoms with Crippen LogP contribution in [0.2, 0.25) is 5.02 Å². The first kappa shape index (κ1) is 20.0. The molecule has 5 nitrogen and oxygen atoms in total. The molecule has 1 aliphatic rings. The molecule has 2 aromatic carbocycles. The van der Waals surface area contributed by atoms with Gasteiger partial charge in [-0.25, -0.2) is 4.98 Å². The third kappa shape index (κ3) is 4.17. The molecule has 3 aromatic rings. The van der Waals surface area contributed by atoms with Crippen LogP contribution in [0, 0.1) is 0 Å². The lowest BCUT2D eigenvalue weighted by Crippen LogP contribution is -2.37. The Bertz CT molecular complexity index is 1020. The number of pyridine rings is 1. The molecule has 152 valence electrons. The molecule has 0 radical (unpaired) electrons. The van der Waals surface area contributed by atoms with Crippen molar-refractivity contribution in [2.75, 3.05) is 27.3 Å². The Morgan fingerprint density at radius 1 is 1.14 bits per heavy atom. The van der Waals surface area contributed by atoms with Crippen LogP contribution in [0.25, 0.3) is 22.2 Å². The number of halogens is 1. The van der Waals surface area contributed by atoms with E-state index in [-0.39, 0.29) is 6.10 Å². The molecule has 0 saturated carbocycles. The Balaban J connectivity index is 1.89. The average Bonchev–Trinajstić information content (AvgIpc) is 2.72. The highest BCUT2D eigenvalue weighted by molar-refractivity contribution is 6.30. The number of piperidine rings is 1. The smallest absolute Gasteiger partial charge is 0.145 e. The maximum atomic E-state index is 10.1. The summed E-state index contributed by atoms with van der Waals surface area (Å²) in [6.45, 7) is 2.32. The van der Waals surface area contributed by atoms with Crippen LogP contribution >= 0.6 is 11.6 Å². The Kier molecular flexibility index (Phi) is 5.90. The zero-order valence-electron chi connectivity index (χ0n) is 16.7. The van der Waals surface area contributed by atoms with Gasteiger partial charge in [0.25, 0.3) is 0 Å². The molecule has 0 unspecified atom stereocenters. The van der Waals surface area contributed by atoms with Gasteiger partial charge in [-0.1, -0.05) is 23.7 Å². The fraction of sp³-hybridized carbons (Fsp3) is 0.348. The molecule has 1 atom stereocenters. The van der Waals surface area contributed by atoms with Crippen LogP contribution in [-0.4, -0.2) is 48.4 Å². The second kappa shape index (κ2) is 8.57. The molecular weight excluding hydrogens is 388 g/mol. The molecule has 0 amide bonds. The van der Waals surface area contributed by atoms with Crippen molar-refractivity contribution in [3.05, 3.63) is 53.1 Å². The number of ether oxygens (including phenoxy) is 2. The largest absolute Gasteiger partial charge is 0.496 e. The Hall–Kier alpha value is -2.34. The minimum Gasteiger partial charge on any atom is -0.496 e. The predicted molar refractivity (Wildman–Crippen MR) is 116 cm³/mol. The lowest BCUT2D eigenvalue weighted by atomic mass is 10.0. The SMILES string of the molecule is COc1ccc(OC)c2nc(-c3cccc(Cl)c3)c(CN3CCC[C@@H](O)C3)cc12. The van der Waals surface area contributed by atoms with Gasteiger partial charge in [0, 0.05) is 29.1 Å². The van der Waals surface area contributed by atoms with E-state index in [2.05, 4.69) is 11.0 Å². The van der Waals surface area contributed by atoms with Crippen molar-refractivity contribution >= 4 is 22.5 Å². The summed E-state index contributed by atoms with van der Waals surface area (Å²) in [6.07, 6.45) is 1.58. The Morgan fingerprint density at radius 2 is 1.93 bits per heavy atom. The van der Waals surface area contributed by atoms with Gasteiger partial charge in [0.05, 0.1) is 26.0 Å². The van der Waals surface area contributed by atoms with Gasteiger partial charge >= 0.3 is 0 Å². The van der Waals surface area contributed by atoms with Crippen LogP contribution < -0.4 is 9.47 Å². The predicted octanol–water partition coefficient (Wildman–Crippen LogP) is 4.53. The van der Waals surface area contributed by atoms with E-state index in [1.807, 2.05) is 36.4 Å². The van der Waals surface area contributed by atoms with Gasteiger partial charge in [-0.05, 0) is 55.3 Å². The fourth-order valence-electron chi connectivity index (χ4n) is 4.02. The molecule has 1 aromatic heterocycles.